The Morgan fingerprint density at radius 2 is 2.18 bits per heavy atom. The number of rotatable bonds is 1. The normalized spacial score (nSPS) is 31.5. The molecule has 0 N–H and O–H groups in total. The second-order valence-electron chi connectivity index (χ2n) is 2.74. The van der Waals surface area contributed by atoms with E-state index < -0.39 is 5.43 Å². The van der Waals surface area contributed by atoms with Crippen LogP contribution in [0.1, 0.15) is 25.7 Å². The Kier molecular flexibility index (Phi) is 3.46. The highest BCUT2D eigenvalue weighted by atomic mass is 35.5. The van der Waals surface area contributed by atoms with Crippen molar-refractivity contribution in [3.8, 4) is 0 Å². The van der Waals surface area contributed by atoms with E-state index in [9.17, 15) is 4.79 Å². The largest absolute Gasteiger partial charge is 0.450 e. The van der Waals surface area contributed by atoms with E-state index in [-0.39, 0.29) is 11.5 Å². The summed E-state index contributed by atoms with van der Waals surface area (Å²) in [6.45, 7) is 0. The zero-order valence-corrected chi connectivity index (χ0v) is 7.57. The van der Waals surface area contributed by atoms with Crippen LogP contribution in [-0.2, 0) is 4.74 Å². The highest BCUT2D eigenvalue weighted by Gasteiger charge is 2.22. The molecule has 11 heavy (non-hydrogen) atoms. The summed E-state index contributed by atoms with van der Waals surface area (Å²) in [5.74, 6) is 0. The van der Waals surface area contributed by atoms with E-state index >= 15 is 0 Å². The van der Waals surface area contributed by atoms with Gasteiger partial charge in [0.25, 0.3) is 0 Å². The van der Waals surface area contributed by atoms with Crippen molar-refractivity contribution in [2.24, 2.45) is 0 Å². The minimum absolute atomic E-state index is 0.0590. The van der Waals surface area contributed by atoms with Crippen LogP contribution in [0.2, 0.25) is 0 Å². The topological polar surface area (TPSA) is 26.3 Å². The van der Waals surface area contributed by atoms with Crippen molar-refractivity contribution in [3.63, 3.8) is 0 Å². The van der Waals surface area contributed by atoms with Gasteiger partial charge in [-0.1, -0.05) is 0 Å². The van der Waals surface area contributed by atoms with Gasteiger partial charge in [0.05, 0.1) is 0 Å². The molecular weight excluding hydrogens is 187 g/mol. The van der Waals surface area contributed by atoms with E-state index in [1.807, 2.05) is 0 Å². The third kappa shape index (κ3) is 3.30. The molecule has 2 atom stereocenters. The summed E-state index contributed by atoms with van der Waals surface area (Å²) in [6.07, 6.45) is 3.60. The standard InChI is InChI=1S/C7H10Cl2O2/c8-5-2-1-3-6(4-5)11-7(9)10/h5-6H,1-4H2. The zero-order chi connectivity index (χ0) is 8.27. The Morgan fingerprint density at radius 3 is 2.73 bits per heavy atom. The van der Waals surface area contributed by atoms with Gasteiger partial charge in [-0.15, -0.1) is 11.6 Å². The molecule has 4 heteroatoms. The van der Waals surface area contributed by atoms with Crippen molar-refractivity contribution in [2.45, 2.75) is 37.2 Å². The summed E-state index contributed by atoms with van der Waals surface area (Å²) in [7, 11) is 0. The molecule has 64 valence electrons. The number of hydrogen-bond acceptors (Lipinski definition) is 2. The molecule has 1 rings (SSSR count). The fourth-order valence-electron chi connectivity index (χ4n) is 1.33. The Morgan fingerprint density at radius 1 is 1.45 bits per heavy atom. The maximum absolute atomic E-state index is 10.3. The Bertz CT molecular complexity index is 149. The lowest BCUT2D eigenvalue weighted by atomic mass is 9.97. The van der Waals surface area contributed by atoms with E-state index in [2.05, 4.69) is 0 Å². The lowest BCUT2D eigenvalue weighted by molar-refractivity contribution is 0.0966. The summed E-state index contributed by atoms with van der Waals surface area (Å²) in [6, 6.07) is 0. The van der Waals surface area contributed by atoms with Crippen molar-refractivity contribution in [3.05, 3.63) is 0 Å². The molecule has 0 aromatic carbocycles. The molecule has 0 bridgehead atoms. The van der Waals surface area contributed by atoms with Crippen molar-refractivity contribution in [1.29, 1.82) is 0 Å². The van der Waals surface area contributed by atoms with Gasteiger partial charge in [-0.25, -0.2) is 4.79 Å². The highest BCUT2D eigenvalue weighted by Crippen LogP contribution is 2.25. The summed E-state index contributed by atoms with van der Waals surface area (Å²) in [4.78, 5) is 10.3. The van der Waals surface area contributed by atoms with Gasteiger partial charge in [0, 0.05) is 23.4 Å². The molecule has 1 aliphatic rings. The molecule has 0 heterocycles. The molecule has 1 saturated carbocycles. The summed E-state index contributed by atoms with van der Waals surface area (Å²) < 4.78 is 4.80. The van der Waals surface area contributed by atoms with Crippen LogP contribution in [0.15, 0.2) is 0 Å². The van der Waals surface area contributed by atoms with Gasteiger partial charge in [-0.2, -0.15) is 0 Å². The molecule has 0 aromatic heterocycles. The van der Waals surface area contributed by atoms with Crippen LogP contribution < -0.4 is 0 Å². The van der Waals surface area contributed by atoms with Crippen LogP contribution in [-0.4, -0.2) is 16.9 Å². The average Bonchev–Trinajstić information content (AvgIpc) is 1.85. The predicted octanol–water partition coefficient (Wildman–Crippen LogP) is 2.91. The van der Waals surface area contributed by atoms with E-state index in [4.69, 9.17) is 27.9 Å². The van der Waals surface area contributed by atoms with Crippen LogP contribution in [0.4, 0.5) is 4.79 Å². The van der Waals surface area contributed by atoms with Gasteiger partial charge in [0.1, 0.15) is 6.10 Å². The van der Waals surface area contributed by atoms with Crippen LogP contribution in [0.3, 0.4) is 0 Å². The maximum atomic E-state index is 10.3. The van der Waals surface area contributed by atoms with Crippen molar-refractivity contribution < 1.29 is 9.53 Å². The molecule has 0 aliphatic heterocycles. The van der Waals surface area contributed by atoms with E-state index in [1.54, 1.807) is 0 Å². The summed E-state index contributed by atoms with van der Waals surface area (Å²) in [5.41, 5.74) is -0.722. The van der Waals surface area contributed by atoms with Gasteiger partial charge in [0.2, 0.25) is 0 Å². The Balaban J connectivity index is 2.28. The number of ether oxygens (including phenoxy) is 1. The monoisotopic (exact) mass is 196 g/mol. The molecular formula is C7H10Cl2O2. The SMILES string of the molecule is O=C(Cl)OC1CCCC(Cl)C1. The van der Waals surface area contributed by atoms with Crippen LogP contribution in [0, 0.1) is 0 Å². The second kappa shape index (κ2) is 4.17. The molecule has 0 radical (unpaired) electrons. The van der Waals surface area contributed by atoms with Crippen molar-refractivity contribution >= 4 is 28.6 Å². The smallest absolute Gasteiger partial charge is 0.404 e. The minimum Gasteiger partial charge on any atom is -0.450 e. The number of hydrogen-bond donors (Lipinski definition) is 0. The van der Waals surface area contributed by atoms with Gasteiger partial charge < -0.3 is 4.74 Å². The zero-order valence-electron chi connectivity index (χ0n) is 6.06. The molecule has 2 nitrogen and oxygen atoms in total. The molecule has 0 spiro atoms. The quantitative estimate of drug-likeness (QED) is 0.477. The molecule has 0 amide bonds. The van der Waals surface area contributed by atoms with Gasteiger partial charge >= 0.3 is 5.43 Å². The molecule has 0 aromatic rings. The lowest BCUT2D eigenvalue weighted by Gasteiger charge is -2.23. The van der Waals surface area contributed by atoms with E-state index in [0.717, 1.165) is 25.7 Å². The first-order chi connectivity index (χ1) is 5.18. The fourth-order valence-corrected chi connectivity index (χ4v) is 1.81. The van der Waals surface area contributed by atoms with Crippen LogP contribution in [0.25, 0.3) is 0 Å². The van der Waals surface area contributed by atoms with Gasteiger partial charge in [0.15, 0.2) is 0 Å². The molecule has 0 saturated heterocycles. The molecule has 1 fully saturated rings. The summed E-state index contributed by atoms with van der Waals surface area (Å²) in [5, 5.41) is 0.143. The van der Waals surface area contributed by atoms with Crippen LogP contribution in [0.5, 0.6) is 0 Å². The third-order valence-electron chi connectivity index (χ3n) is 1.82. The fraction of sp³-hybridized carbons (Fsp3) is 0.857. The number of alkyl halides is 1. The molecule has 1 aliphatic carbocycles. The maximum Gasteiger partial charge on any atom is 0.404 e. The number of carbonyl (C=O) groups excluding carboxylic acids is 1. The lowest BCUT2D eigenvalue weighted by Crippen LogP contribution is -2.23. The first-order valence-corrected chi connectivity index (χ1v) is 4.50. The predicted molar refractivity (Wildman–Crippen MR) is 44.2 cm³/mol. The van der Waals surface area contributed by atoms with E-state index in [0.29, 0.717) is 0 Å². The Labute approximate surface area is 75.8 Å². The van der Waals surface area contributed by atoms with Gasteiger partial charge in [-0.05, 0) is 19.3 Å². The molecule has 2 unspecified atom stereocenters. The first-order valence-electron chi connectivity index (χ1n) is 3.68. The van der Waals surface area contributed by atoms with Crippen molar-refractivity contribution in [2.75, 3.05) is 0 Å². The average molecular weight is 197 g/mol. The summed E-state index contributed by atoms with van der Waals surface area (Å²) >= 11 is 10.9. The van der Waals surface area contributed by atoms with Crippen molar-refractivity contribution in [1.82, 2.24) is 0 Å². The third-order valence-corrected chi connectivity index (χ3v) is 2.31. The Hall–Kier alpha value is 0.0500. The van der Waals surface area contributed by atoms with Crippen LogP contribution >= 0.6 is 23.2 Å². The second-order valence-corrected chi connectivity index (χ2v) is 3.67. The minimum atomic E-state index is -0.722. The van der Waals surface area contributed by atoms with E-state index in [1.165, 1.54) is 0 Å². The number of halogens is 2. The van der Waals surface area contributed by atoms with Gasteiger partial charge in [-0.3, -0.25) is 0 Å². The first kappa shape index (κ1) is 9.14. The highest BCUT2D eigenvalue weighted by molar-refractivity contribution is 6.61. The number of carbonyl (C=O) groups is 1.